The Kier molecular flexibility index (Phi) is 5.20. The van der Waals surface area contributed by atoms with E-state index in [0.717, 1.165) is 11.1 Å². The third kappa shape index (κ3) is 4.32. The maximum atomic E-state index is 11.8. The van der Waals surface area contributed by atoms with Crippen LogP contribution in [0, 0.1) is 24.0 Å². The van der Waals surface area contributed by atoms with Gasteiger partial charge in [0.2, 0.25) is 6.79 Å². The van der Waals surface area contributed by atoms with Crippen molar-refractivity contribution in [2.45, 2.75) is 13.8 Å². The van der Waals surface area contributed by atoms with Crippen LogP contribution < -0.4 is 19.6 Å². The summed E-state index contributed by atoms with van der Waals surface area (Å²) < 4.78 is 15.7. The highest BCUT2D eigenvalue weighted by Crippen LogP contribution is 2.37. The molecule has 0 saturated carbocycles. The first-order valence-electron chi connectivity index (χ1n) is 8.04. The summed E-state index contributed by atoms with van der Waals surface area (Å²) in [5, 5.41) is 14.9. The van der Waals surface area contributed by atoms with Gasteiger partial charge in [-0.3, -0.25) is 14.9 Å². The summed E-state index contributed by atoms with van der Waals surface area (Å²) in [4.78, 5) is 22.4. The summed E-state index contributed by atoms with van der Waals surface area (Å²) >= 11 is 0. The summed E-state index contributed by atoms with van der Waals surface area (Å²) in [6.07, 6.45) is 1.17. The number of benzene rings is 2. The molecule has 9 nitrogen and oxygen atoms in total. The van der Waals surface area contributed by atoms with E-state index in [9.17, 15) is 14.9 Å². The minimum atomic E-state index is -0.562. The lowest BCUT2D eigenvalue weighted by Gasteiger charge is -2.07. The van der Waals surface area contributed by atoms with Crippen molar-refractivity contribution in [3.63, 3.8) is 0 Å². The van der Waals surface area contributed by atoms with Crippen LogP contribution in [0.2, 0.25) is 0 Å². The fourth-order valence-corrected chi connectivity index (χ4v) is 2.37. The predicted octanol–water partition coefficient (Wildman–Crippen LogP) is 2.47. The van der Waals surface area contributed by atoms with Crippen LogP contribution in [0.4, 0.5) is 5.69 Å². The van der Waals surface area contributed by atoms with E-state index in [1.807, 2.05) is 26.0 Å². The third-order valence-electron chi connectivity index (χ3n) is 3.96. The molecular formula is C18H17N3O6. The van der Waals surface area contributed by atoms with Gasteiger partial charge < -0.3 is 14.2 Å². The van der Waals surface area contributed by atoms with Gasteiger partial charge in [0.1, 0.15) is 5.75 Å². The standard InChI is InChI=1S/C18H17N3O6/c1-11-3-4-14(5-12(11)2)25-9-18(22)20-19-8-13-6-16-17(27-10-26-16)7-15(13)21(23)24/h3-8H,9-10H2,1-2H3,(H,20,22)/b19-8+. The number of nitrogens with zero attached hydrogens (tertiary/aromatic N) is 2. The number of ether oxygens (including phenoxy) is 3. The zero-order valence-electron chi connectivity index (χ0n) is 14.7. The van der Waals surface area contributed by atoms with Crippen molar-refractivity contribution in [1.29, 1.82) is 0 Å². The minimum Gasteiger partial charge on any atom is -0.484 e. The number of nitrogens with one attached hydrogen (secondary N) is 1. The van der Waals surface area contributed by atoms with Gasteiger partial charge in [-0.15, -0.1) is 0 Å². The topological polar surface area (TPSA) is 112 Å². The molecule has 0 bridgehead atoms. The zero-order chi connectivity index (χ0) is 19.4. The van der Waals surface area contributed by atoms with Crippen LogP contribution in [0.15, 0.2) is 35.4 Å². The van der Waals surface area contributed by atoms with E-state index < -0.39 is 10.8 Å². The molecule has 1 N–H and O–H groups in total. The molecule has 9 heteroatoms. The second-order valence-electron chi connectivity index (χ2n) is 5.85. The fraction of sp³-hybridized carbons (Fsp3) is 0.222. The van der Waals surface area contributed by atoms with Crippen molar-refractivity contribution in [3.8, 4) is 17.2 Å². The van der Waals surface area contributed by atoms with E-state index in [2.05, 4.69) is 10.5 Å². The number of carbonyl (C=O) groups is 1. The van der Waals surface area contributed by atoms with Crippen molar-refractivity contribution in [3.05, 3.63) is 57.1 Å². The predicted molar refractivity (Wildman–Crippen MR) is 96.4 cm³/mol. The van der Waals surface area contributed by atoms with E-state index >= 15 is 0 Å². The number of hydrogen-bond acceptors (Lipinski definition) is 7. The quantitative estimate of drug-likeness (QED) is 0.474. The molecule has 1 aliphatic rings. The minimum absolute atomic E-state index is 0.000354. The molecule has 0 saturated heterocycles. The highest BCUT2D eigenvalue weighted by atomic mass is 16.7. The van der Waals surface area contributed by atoms with Crippen molar-refractivity contribution < 1.29 is 23.9 Å². The van der Waals surface area contributed by atoms with E-state index in [0.29, 0.717) is 17.2 Å². The number of hydrogen-bond donors (Lipinski definition) is 1. The lowest BCUT2D eigenvalue weighted by molar-refractivity contribution is -0.385. The van der Waals surface area contributed by atoms with Crippen molar-refractivity contribution in [2.75, 3.05) is 13.4 Å². The van der Waals surface area contributed by atoms with Gasteiger partial charge in [-0.25, -0.2) is 5.43 Å². The van der Waals surface area contributed by atoms with Crippen LogP contribution in [0.5, 0.6) is 17.2 Å². The van der Waals surface area contributed by atoms with E-state index in [-0.39, 0.29) is 24.7 Å². The molecule has 0 aliphatic carbocycles. The van der Waals surface area contributed by atoms with E-state index in [4.69, 9.17) is 14.2 Å². The molecule has 0 atom stereocenters. The first-order valence-corrected chi connectivity index (χ1v) is 8.04. The molecule has 27 heavy (non-hydrogen) atoms. The number of fused-ring (bicyclic) bond motifs is 1. The van der Waals surface area contributed by atoms with Gasteiger partial charge in [-0.2, -0.15) is 5.10 Å². The molecule has 0 unspecified atom stereocenters. The number of carbonyl (C=O) groups excluding carboxylic acids is 1. The summed E-state index contributed by atoms with van der Waals surface area (Å²) in [5.41, 5.74) is 4.43. The van der Waals surface area contributed by atoms with Crippen LogP contribution in [0.1, 0.15) is 16.7 Å². The maximum Gasteiger partial charge on any atom is 0.282 e. The number of hydrazone groups is 1. The SMILES string of the molecule is Cc1ccc(OCC(=O)N/N=C/c2cc3c(cc2[N+](=O)[O-])OCO3)cc1C. The largest absolute Gasteiger partial charge is 0.484 e. The zero-order valence-corrected chi connectivity index (χ0v) is 14.7. The maximum absolute atomic E-state index is 11.8. The Morgan fingerprint density at radius 1 is 1.26 bits per heavy atom. The van der Waals surface area contributed by atoms with E-state index in [1.165, 1.54) is 18.3 Å². The Morgan fingerprint density at radius 3 is 2.70 bits per heavy atom. The molecule has 0 spiro atoms. The van der Waals surface area contributed by atoms with Crippen LogP contribution >= 0.6 is 0 Å². The average Bonchev–Trinajstić information content (AvgIpc) is 3.09. The van der Waals surface area contributed by atoms with Crippen LogP contribution in [0.25, 0.3) is 0 Å². The smallest absolute Gasteiger partial charge is 0.282 e. The van der Waals surface area contributed by atoms with Crippen LogP contribution in [0.3, 0.4) is 0 Å². The Bertz CT molecular complexity index is 926. The number of nitro groups is 1. The summed E-state index contributed by atoms with van der Waals surface area (Å²) in [5.74, 6) is 0.757. The summed E-state index contributed by atoms with van der Waals surface area (Å²) in [7, 11) is 0. The lowest BCUT2D eigenvalue weighted by Crippen LogP contribution is -2.24. The highest BCUT2D eigenvalue weighted by Gasteiger charge is 2.22. The van der Waals surface area contributed by atoms with Crippen molar-refractivity contribution in [1.82, 2.24) is 5.43 Å². The summed E-state index contributed by atoms with van der Waals surface area (Å²) in [6, 6.07) is 8.20. The molecular weight excluding hydrogens is 354 g/mol. The van der Waals surface area contributed by atoms with Gasteiger partial charge in [-0.05, 0) is 43.2 Å². The monoisotopic (exact) mass is 371 g/mol. The third-order valence-corrected chi connectivity index (χ3v) is 3.96. The second-order valence-corrected chi connectivity index (χ2v) is 5.85. The van der Waals surface area contributed by atoms with Gasteiger partial charge >= 0.3 is 0 Å². The molecule has 0 radical (unpaired) electrons. The van der Waals surface area contributed by atoms with E-state index in [1.54, 1.807) is 6.07 Å². The van der Waals surface area contributed by atoms with Crippen LogP contribution in [-0.4, -0.2) is 30.4 Å². The molecule has 1 aliphatic heterocycles. The van der Waals surface area contributed by atoms with Crippen molar-refractivity contribution in [2.24, 2.45) is 5.10 Å². The number of aryl methyl sites for hydroxylation is 2. The van der Waals surface area contributed by atoms with Crippen molar-refractivity contribution >= 4 is 17.8 Å². The Balaban J connectivity index is 1.60. The molecule has 140 valence electrons. The van der Waals surface area contributed by atoms with Gasteiger partial charge in [0.05, 0.1) is 22.8 Å². The van der Waals surface area contributed by atoms with Crippen LogP contribution in [-0.2, 0) is 4.79 Å². The Hall–Kier alpha value is -3.62. The summed E-state index contributed by atoms with van der Waals surface area (Å²) in [6.45, 7) is 3.70. The number of amides is 1. The van der Waals surface area contributed by atoms with Gasteiger partial charge in [0, 0.05) is 0 Å². The van der Waals surface area contributed by atoms with Gasteiger partial charge in [0.15, 0.2) is 18.1 Å². The number of nitro benzene ring substituents is 1. The molecule has 3 rings (SSSR count). The van der Waals surface area contributed by atoms with Gasteiger partial charge in [0.25, 0.3) is 11.6 Å². The molecule has 0 fully saturated rings. The molecule has 2 aromatic rings. The molecule has 2 aromatic carbocycles. The lowest BCUT2D eigenvalue weighted by atomic mass is 10.1. The normalized spacial score (nSPS) is 12.2. The molecule has 1 amide bonds. The van der Waals surface area contributed by atoms with Gasteiger partial charge in [-0.1, -0.05) is 6.07 Å². The first kappa shape index (κ1) is 18.2. The molecule has 0 aromatic heterocycles. The fourth-order valence-electron chi connectivity index (χ4n) is 2.37. The Morgan fingerprint density at radius 2 is 2.00 bits per heavy atom. The Labute approximate surface area is 154 Å². The molecule has 1 heterocycles. The second kappa shape index (κ2) is 7.73. The average molecular weight is 371 g/mol. The first-order chi connectivity index (χ1) is 12.9. The highest BCUT2D eigenvalue weighted by molar-refractivity contribution is 5.88. The number of rotatable bonds is 6.